The topological polar surface area (TPSA) is 55.6 Å². The van der Waals surface area contributed by atoms with Gasteiger partial charge in [-0.3, -0.25) is 4.79 Å². The van der Waals surface area contributed by atoms with Gasteiger partial charge in [0.05, 0.1) is 13.7 Å². The maximum atomic E-state index is 13.8. The van der Waals surface area contributed by atoms with E-state index in [1.807, 2.05) is 91.9 Å². The summed E-state index contributed by atoms with van der Waals surface area (Å²) in [5, 5.41) is 1.96. The summed E-state index contributed by atoms with van der Waals surface area (Å²) in [5.41, 5.74) is 4.29. The molecule has 33 heavy (non-hydrogen) atoms. The van der Waals surface area contributed by atoms with E-state index in [-0.39, 0.29) is 12.5 Å². The van der Waals surface area contributed by atoms with Crippen molar-refractivity contribution in [1.29, 1.82) is 0 Å². The molecule has 0 aliphatic rings. The lowest BCUT2D eigenvalue weighted by molar-refractivity contribution is 0.0717. The van der Waals surface area contributed by atoms with Crippen LogP contribution in [0.4, 0.5) is 0 Å². The molecule has 0 atom stereocenters. The Bertz CT molecular complexity index is 1430. The molecule has 0 saturated carbocycles. The number of carbonyl (C=O) groups is 1. The standard InChI is InChI=1S/C28H24N2O3/c1-19-10-15-26-25(16-19)29-27(33-26)18-30(17-20-11-13-22(32-2)14-12-20)28(31)24-9-5-7-21-6-3-4-8-23(21)24/h3-16H,17-18H2,1-2H3. The molecule has 0 unspecified atom stereocenters. The largest absolute Gasteiger partial charge is 0.497 e. The fourth-order valence-electron chi connectivity index (χ4n) is 4.05. The first kappa shape index (κ1) is 20.8. The van der Waals surface area contributed by atoms with Crippen LogP contribution in [0.15, 0.2) is 89.3 Å². The van der Waals surface area contributed by atoms with E-state index in [9.17, 15) is 4.79 Å². The number of fused-ring (bicyclic) bond motifs is 2. The Kier molecular flexibility index (Phi) is 5.53. The van der Waals surface area contributed by atoms with Crippen LogP contribution in [0.1, 0.15) is 27.4 Å². The van der Waals surface area contributed by atoms with Gasteiger partial charge in [-0.15, -0.1) is 0 Å². The molecular weight excluding hydrogens is 412 g/mol. The lowest BCUT2D eigenvalue weighted by Crippen LogP contribution is -2.30. The minimum atomic E-state index is -0.0685. The predicted octanol–water partition coefficient (Wildman–Crippen LogP) is 6.14. The molecule has 5 aromatic rings. The number of benzene rings is 4. The molecule has 0 aliphatic heterocycles. The summed E-state index contributed by atoms with van der Waals surface area (Å²) >= 11 is 0. The van der Waals surface area contributed by atoms with Gasteiger partial charge in [-0.2, -0.15) is 0 Å². The van der Waals surface area contributed by atoms with Gasteiger partial charge in [0.2, 0.25) is 5.89 Å². The molecule has 0 aliphatic carbocycles. The predicted molar refractivity (Wildman–Crippen MR) is 129 cm³/mol. The van der Waals surface area contributed by atoms with Gasteiger partial charge in [-0.25, -0.2) is 4.98 Å². The molecule has 164 valence electrons. The Balaban J connectivity index is 1.52. The molecule has 5 rings (SSSR count). The quantitative estimate of drug-likeness (QED) is 0.321. The molecule has 0 fully saturated rings. The molecule has 1 aromatic heterocycles. The monoisotopic (exact) mass is 436 g/mol. The van der Waals surface area contributed by atoms with Crippen LogP contribution in [0.2, 0.25) is 0 Å². The first-order chi connectivity index (χ1) is 16.1. The minimum absolute atomic E-state index is 0.0685. The number of methoxy groups -OCH3 is 1. The summed E-state index contributed by atoms with van der Waals surface area (Å²) in [6, 6.07) is 27.4. The van der Waals surface area contributed by atoms with Crippen LogP contribution in [-0.4, -0.2) is 22.9 Å². The third-order valence-corrected chi connectivity index (χ3v) is 5.75. The van der Waals surface area contributed by atoms with Gasteiger partial charge in [-0.1, -0.05) is 54.6 Å². The van der Waals surface area contributed by atoms with Crippen molar-refractivity contribution in [2.45, 2.75) is 20.0 Å². The van der Waals surface area contributed by atoms with Crippen molar-refractivity contribution in [3.63, 3.8) is 0 Å². The van der Waals surface area contributed by atoms with Crippen molar-refractivity contribution < 1.29 is 13.9 Å². The van der Waals surface area contributed by atoms with E-state index in [0.717, 1.165) is 38.7 Å². The van der Waals surface area contributed by atoms with Crippen LogP contribution < -0.4 is 4.74 Å². The van der Waals surface area contributed by atoms with Gasteiger partial charge in [0, 0.05) is 12.1 Å². The van der Waals surface area contributed by atoms with Crippen molar-refractivity contribution >= 4 is 27.8 Å². The number of aryl methyl sites for hydroxylation is 1. The molecule has 0 bridgehead atoms. The summed E-state index contributed by atoms with van der Waals surface area (Å²) in [7, 11) is 1.64. The highest BCUT2D eigenvalue weighted by molar-refractivity contribution is 6.07. The fraction of sp³-hybridized carbons (Fsp3) is 0.143. The van der Waals surface area contributed by atoms with Crippen molar-refractivity contribution in [2.75, 3.05) is 7.11 Å². The lowest BCUT2D eigenvalue weighted by Gasteiger charge is -2.22. The first-order valence-electron chi connectivity index (χ1n) is 10.9. The number of nitrogens with zero attached hydrogens (tertiary/aromatic N) is 2. The van der Waals surface area contributed by atoms with E-state index >= 15 is 0 Å². The Morgan fingerprint density at radius 2 is 1.73 bits per heavy atom. The van der Waals surface area contributed by atoms with Crippen molar-refractivity contribution in [3.05, 3.63) is 108 Å². The third-order valence-electron chi connectivity index (χ3n) is 5.75. The summed E-state index contributed by atoms with van der Waals surface area (Å²) in [5.74, 6) is 1.22. The van der Waals surface area contributed by atoms with Crippen molar-refractivity contribution in [3.8, 4) is 5.75 Å². The van der Waals surface area contributed by atoms with E-state index in [1.54, 1.807) is 12.0 Å². The van der Waals surface area contributed by atoms with Crippen LogP contribution in [-0.2, 0) is 13.1 Å². The Hall–Kier alpha value is -4.12. The van der Waals surface area contributed by atoms with Crippen molar-refractivity contribution in [2.24, 2.45) is 0 Å². The van der Waals surface area contributed by atoms with Crippen LogP contribution in [0.25, 0.3) is 21.9 Å². The van der Waals surface area contributed by atoms with Crippen LogP contribution in [0, 0.1) is 6.92 Å². The molecule has 0 saturated heterocycles. The first-order valence-corrected chi connectivity index (χ1v) is 10.9. The van der Waals surface area contributed by atoms with Gasteiger partial charge in [0.15, 0.2) is 5.58 Å². The highest BCUT2D eigenvalue weighted by Gasteiger charge is 2.21. The zero-order chi connectivity index (χ0) is 22.8. The smallest absolute Gasteiger partial charge is 0.255 e. The number of aromatic nitrogens is 1. The van der Waals surface area contributed by atoms with Gasteiger partial charge in [0.1, 0.15) is 11.3 Å². The van der Waals surface area contributed by atoms with E-state index in [0.29, 0.717) is 18.0 Å². The second-order valence-electron chi connectivity index (χ2n) is 8.11. The minimum Gasteiger partial charge on any atom is -0.497 e. The lowest BCUT2D eigenvalue weighted by atomic mass is 10.0. The zero-order valence-corrected chi connectivity index (χ0v) is 18.6. The number of rotatable bonds is 6. The second-order valence-corrected chi connectivity index (χ2v) is 8.11. The van der Waals surface area contributed by atoms with E-state index < -0.39 is 0 Å². The highest BCUT2D eigenvalue weighted by atomic mass is 16.5. The van der Waals surface area contributed by atoms with Gasteiger partial charge < -0.3 is 14.1 Å². The molecule has 0 radical (unpaired) electrons. The van der Waals surface area contributed by atoms with Gasteiger partial charge in [0.25, 0.3) is 5.91 Å². The normalized spacial score (nSPS) is 11.1. The summed E-state index contributed by atoms with van der Waals surface area (Å²) in [6.45, 7) is 2.71. The van der Waals surface area contributed by atoms with E-state index in [1.165, 1.54) is 0 Å². The molecule has 5 heteroatoms. The van der Waals surface area contributed by atoms with E-state index in [4.69, 9.17) is 9.15 Å². The molecule has 0 N–H and O–H groups in total. The number of hydrogen-bond acceptors (Lipinski definition) is 4. The SMILES string of the molecule is COc1ccc(CN(Cc2nc3cc(C)ccc3o2)C(=O)c2cccc3ccccc23)cc1. The molecule has 1 amide bonds. The molecule has 4 aromatic carbocycles. The average molecular weight is 437 g/mol. The number of oxazole rings is 1. The molecule has 0 spiro atoms. The maximum absolute atomic E-state index is 13.8. The molecule has 1 heterocycles. The Labute approximate surface area is 192 Å². The maximum Gasteiger partial charge on any atom is 0.255 e. The number of hydrogen-bond donors (Lipinski definition) is 0. The number of ether oxygens (including phenoxy) is 1. The fourth-order valence-corrected chi connectivity index (χ4v) is 4.05. The third kappa shape index (κ3) is 4.30. The van der Waals surface area contributed by atoms with Crippen LogP contribution in [0.5, 0.6) is 5.75 Å². The van der Waals surface area contributed by atoms with Crippen LogP contribution >= 0.6 is 0 Å². The Morgan fingerprint density at radius 3 is 2.55 bits per heavy atom. The van der Waals surface area contributed by atoms with Gasteiger partial charge in [-0.05, 0) is 59.2 Å². The molecule has 5 nitrogen and oxygen atoms in total. The highest BCUT2D eigenvalue weighted by Crippen LogP contribution is 2.24. The number of carbonyl (C=O) groups excluding carboxylic acids is 1. The summed E-state index contributed by atoms with van der Waals surface area (Å²) in [4.78, 5) is 20.2. The van der Waals surface area contributed by atoms with Crippen molar-refractivity contribution in [1.82, 2.24) is 9.88 Å². The zero-order valence-electron chi connectivity index (χ0n) is 18.6. The second kappa shape index (κ2) is 8.79. The summed E-state index contributed by atoms with van der Waals surface area (Å²) < 4.78 is 11.2. The molecular formula is C28H24N2O3. The van der Waals surface area contributed by atoms with E-state index in [2.05, 4.69) is 4.98 Å². The Morgan fingerprint density at radius 1 is 0.939 bits per heavy atom. The van der Waals surface area contributed by atoms with Gasteiger partial charge >= 0.3 is 0 Å². The summed E-state index contributed by atoms with van der Waals surface area (Å²) in [6.07, 6.45) is 0. The number of amides is 1. The average Bonchev–Trinajstić information content (AvgIpc) is 3.24. The van der Waals surface area contributed by atoms with Crippen LogP contribution in [0.3, 0.4) is 0 Å².